The zero-order valence-electron chi connectivity index (χ0n) is 25.2. The molecule has 42 heavy (non-hydrogen) atoms. The van der Waals surface area contributed by atoms with Crippen molar-refractivity contribution < 1.29 is 9.53 Å². The molecule has 1 saturated heterocycles. The van der Waals surface area contributed by atoms with E-state index in [-0.39, 0.29) is 12.6 Å². The highest BCUT2D eigenvalue weighted by Crippen LogP contribution is 2.24. The molecule has 1 atom stereocenters. The van der Waals surface area contributed by atoms with Crippen molar-refractivity contribution in [1.82, 2.24) is 29.0 Å². The van der Waals surface area contributed by atoms with Gasteiger partial charge < -0.3 is 19.5 Å². The first-order valence-electron chi connectivity index (χ1n) is 14.4. The average molecular weight is 574 g/mol. The third-order valence-electron chi connectivity index (χ3n) is 7.42. The molecule has 0 saturated carbocycles. The summed E-state index contributed by atoms with van der Waals surface area (Å²) in [5, 5.41) is 4.88. The van der Waals surface area contributed by atoms with Crippen molar-refractivity contribution >= 4 is 34.0 Å². The Labute approximate surface area is 244 Å². The molecule has 1 N–H and O–H groups in total. The molecule has 5 rings (SSSR count). The zero-order valence-corrected chi connectivity index (χ0v) is 25.2. The molecule has 0 radical (unpaired) electrons. The molecule has 0 unspecified atom stereocenters. The van der Waals surface area contributed by atoms with Crippen LogP contribution in [0.1, 0.15) is 51.9 Å². The number of benzene rings is 1. The lowest BCUT2D eigenvalue weighted by Crippen LogP contribution is -2.49. The van der Waals surface area contributed by atoms with E-state index in [0.717, 1.165) is 29.3 Å². The summed E-state index contributed by atoms with van der Waals surface area (Å²) in [5.41, 5.74) is 0.693. The number of pyridine rings is 1. The van der Waals surface area contributed by atoms with Crippen LogP contribution < -0.4 is 21.5 Å². The fraction of sp³-hybridized carbons (Fsp3) is 0.452. The summed E-state index contributed by atoms with van der Waals surface area (Å²) in [7, 11) is 1.64. The van der Waals surface area contributed by atoms with E-state index in [9.17, 15) is 14.4 Å². The van der Waals surface area contributed by atoms with Crippen LogP contribution >= 0.6 is 0 Å². The minimum absolute atomic E-state index is 0.0410. The van der Waals surface area contributed by atoms with Crippen LogP contribution in [0.5, 0.6) is 0 Å². The molecular weight excluding hydrogens is 534 g/mol. The zero-order chi connectivity index (χ0) is 30.2. The quantitative estimate of drug-likeness (QED) is 0.348. The van der Waals surface area contributed by atoms with Crippen molar-refractivity contribution in [1.29, 1.82) is 0 Å². The van der Waals surface area contributed by atoms with Gasteiger partial charge in [-0.1, -0.05) is 36.4 Å². The van der Waals surface area contributed by atoms with Crippen LogP contribution in [0.25, 0.3) is 21.9 Å². The lowest BCUT2D eigenvalue weighted by atomic mass is 10.1. The molecule has 1 aliphatic rings. The fourth-order valence-electron chi connectivity index (χ4n) is 5.56. The summed E-state index contributed by atoms with van der Waals surface area (Å²) in [6.07, 6.45) is 5.03. The van der Waals surface area contributed by atoms with Gasteiger partial charge in [-0.15, -0.1) is 0 Å². The van der Waals surface area contributed by atoms with Gasteiger partial charge in [-0.2, -0.15) is 4.98 Å². The molecule has 11 heteroatoms. The third-order valence-corrected chi connectivity index (χ3v) is 7.42. The summed E-state index contributed by atoms with van der Waals surface area (Å²) >= 11 is 0. The molecule has 1 aromatic carbocycles. The topological polar surface area (TPSA) is 116 Å². The number of anilines is 1. The molecule has 4 aromatic rings. The number of piperidine rings is 1. The van der Waals surface area contributed by atoms with E-state index < -0.39 is 22.9 Å². The first kappa shape index (κ1) is 29.1. The highest BCUT2D eigenvalue weighted by atomic mass is 16.6. The number of imidazole rings is 1. The minimum Gasteiger partial charge on any atom is -0.444 e. The van der Waals surface area contributed by atoms with E-state index in [0.29, 0.717) is 42.4 Å². The van der Waals surface area contributed by atoms with E-state index in [1.54, 1.807) is 7.05 Å². The number of hydrogen-bond acceptors (Lipinski definition) is 7. The van der Waals surface area contributed by atoms with Gasteiger partial charge >= 0.3 is 11.8 Å². The van der Waals surface area contributed by atoms with Crippen LogP contribution in [0.2, 0.25) is 0 Å². The average Bonchev–Trinajstić information content (AvgIpc) is 3.31. The summed E-state index contributed by atoms with van der Waals surface area (Å²) in [5.74, 6) is 0.586. The molecule has 4 heterocycles. The highest BCUT2D eigenvalue weighted by Gasteiger charge is 2.29. The SMILES string of the molecule is C/C=C/Cn1c(N2CCC[C@H](NC(=O)OC(C)(C)C)C2)nc2c1c(=O)n(Cc1nc(C)cc3ccccc13)c(=O)n2C. The van der Waals surface area contributed by atoms with Crippen LogP contribution in [0.4, 0.5) is 10.7 Å². The van der Waals surface area contributed by atoms with Crippen molar-refractivity contribution in [2.75, 3.05) is 18.0 Å². The van der Waals surface area contributed by atoms with Gasteiger partial charge in [0.1, 0.15) is 5.60 Å². The third kappa shape index (κ3) is 5.81. The van der Waals surface area contributed by atoms with Gasteiger partial charge in [0.25, 0.3) is 5.56 Å². The first-order chi connectivity index (χ1) is 20.0. The number of fused-ring (bicyclic) bond motifs is 2. The molecule has 0 spiro atoms. The number of rotatable bonds is 6. The van der Waals surface area contributed by atoms with Gasteiger partial charge in [0.15, 0.2) is 11.2 Å². The number of carbonyl (C=O) groups is 1. The first-order valence-corrected chi connectivity index (χ1v) is 14.4. The number of aromatic nitrogens is 5. The van der Waals surface area contributed by atoms with E-state index in [2.05, 4.69) is 10.2 Å². The van der Waals surface area contributed by atoms with Crippen LogP contribution in [0.15, 0.2) is 52.1 Å². The van der Waals surface area contributed by atoms with Crippen LogP contribution in [0, 0.1) is 6.92 Å². The van der Waals surface area contributed by atoms with Gasteiger partial charge in [-0.3, -0.25) is 18.9 Å². The van der Waals surface area contributed by atoms with E-state index >= 15 is 0 Å². The predicted octanol–water partition coefficient (Wildman–Crippen LogP) is 3.87. The predicted molar refractivity (Wildman–Crippen MR) is 164 cm³/mol. The summed E-state index contributed by atoms with van der Waals surface area (Å²) in [6, 6.07) is 9.68. The van der Waals surface area contributed by atoms with Gasteiger partial charge in [-0.25, -0.2) is 9.59 Å². The molecule has 11 nitrogen and oxygen atoms in total. The number of alkyl carbamates (subject to hydrolysis) is 1. The maximum absolute atomic E-state index is 14.1. The number of nitrogens with zero attached hydrogens (tertiary/aromatic N) is 6. The monoisotopic (exact) mass is 573 g/mol. The molecule has 1 aliphatic heterocycles. The van der Waals surface area contributed by atoms with E-state index in [1.165, 1.54) is 9.13 Å². The number of amides is 1. The Morgan fingerprint density at radius 1 is 1.17 bits per heavy atom. The van der Waals surface area contributed by atoms with Crippen molar-refractivity contribution in [3.05, 3.63) is 74.7 Å². The van der Waals surface area contributed by atoms with Crippen molar-refractivity contribution in [2.45, 2.75) is 72.2 Å². The van der Waals surface area contributed by atoms with E-state index in [4.69, 9.17) is 14.7 Å². The number of carbonyl (C=O) groups excluding carboxylic acids is 1. The number of hydrogen-bond donors (Lipinski definition) is 1. The number of ether oxygens (including phenoxy) is 1. The summed E-state index contributed by atoms with van der Waals surface area (Å²) in [6.45, 7) is 11.0. The van der Waals surface area contributed by atoms with Crippen molar-refractivity contribution in [3.63, 3.8) is 0 Å². The summed E-state index contributed by atoms with van der Waals surface area (Å²) < 4.78 is 10.0. The number of allylic oxidation sites excluding steroid dienone is 2. The number of aryl methyl sites for hydroxylation is 2. The normalized spacial score (nSPS) is 16.0. The molecule has 1 fully saturated rings. The smallest absolute Gasteiger partial charge is 0.407 e. The molecule has 0 bridgehead atoms. The lowest BCUT2D eigenvalue weighted by molar-refractivity contribution is 0.0499. The van der Waals surface area contributed by atoms with Gasteiger partial charge in [-0.05, 0) is 58.9 Å². The molecular formula is C31H39N7O4. The Morgan fingerprint density at radius 2 is 1.93 bits per heavy atom. The largest absolute Gasteiger partial charge is 0.444 e. The Balaban J connectivity index is 1.57. The fourth-order valence-corrected chi connectivity index (χ4v) is 5.56. The Morgan fingerprint density at radius 3 is 2.67 bits per heavy atom. The van der Waals surface area contributed by atoms with Crippen LogP contribution in [0.3, 0.4) is 0 Å². The minimum atomic E-state index is -0.593. The Bertz CT molecular complexity index is 1790. The van der Waals surface area contributed by atoms with E-state index in [1.807, 2.05) is 81.7 Å². The van der Waals surface area contributed by atoms with Crippen LogP contribution in [-0.4, -0.2) is 54.5 Å². The highest BCUT2D eigenvalue weighted by molar-refractivity contribution is 5.85. The molecule has 222 valence electrons. The lowest BCUT2D eigenvalue weighted by Gasteiger charge is -2.34. The second kappa shape index (κ2) is 11.5. The second-order valence-electron chi connectivity index (χ2n) is 11.9. The standard InChI is InChI=1S/C31H39N7O4/c1-7-8-16-37-25-26(34-28(37)36-15-11-13-22(18-36)33-29(40)42-31(3,4)5)35(6)30(41)38(27(25)39)19-24-23-14-10-9-12-21(23)17-20(2)32-24/h7-10,12,14,17,22H,11,13,15-16,18-19H2,1-6H3,(H,33,40)/b8-7+/t22-/m0/s1. The molecule has 1 amide bonds. The maximum Gasteiger partial charge on any atom is 0.407 e. The molecule has 0 aliphatic carbocycles. The second-order valence-corrected chi connectivity index (χ2v) is 11.9. The van der Waals surface area contributed by atoms with Gasteiger partial charge in [0, 0.05) is 43.8 Å². The Kier molecular flexibility index (Phi) is 7.94. The summed E-state index contributed by atoms with van der Waals surface area (Å²) in [4.78, 5) is 51.8. The van der Waals surface area contributed by atoms with Gasteiger partial charge in [0.2, 0.25) is 5.95 Å². The number of nitrogens with one attached hydrogen (secondary N) is 1. The van der Waals surface area contributed by atoms with Crippen molar-refractivity contribution in [2.24, 2.45) is 7.05 Å². The van der Waals surface area contributed by atoms with Crippen molar-refractivity contribution in [3.8, 4) is 0 Å². The van der Waals surface area contributed by atoms with Crippen LogP contribution in [-0.2, 0) is 24.9 Å². The Hall–Kier alpha value is -4.41. The molecule has 3 aromatic heterocycles. The van der Waals surface area contributed by atoms with Gasteiger partial charge in [0.05, 0.1) is 12.2 Å². The maximum atomic E-state index is 14.1.